The van der Waals surface area contributed by atoms with Crippen LogP contribution in [0.15, 0.2) is 60.7 Å². The van der Waals surface area contributed by atoms with Gasteiger partial charge in [0, 0.05) is 0 Å². The van der Waals surface area contributed by atoms with E-state index in [0.717, 1.165) is 6.16 Å². The number of alkyl halides is 1. The molecule has 0 aromatic heterocycles. The third kappa shape index (κ3) is 2.32. The van der Waals surface area contributed by atoms with Crippen molar-refractivity contribution >= 4 is 29.5 Å². The van der Waals surface area contributed by atoms with E-state index in [2.05, 4.69) is 74.5 Å². The topological polar surface area (TPSA) is 0 Å². The van der Waals surface area contributed by atoms with Gasteiger partial charge in [-0.05, 0) is 0 Å². The summed E-state index contributed by atoms with van der Waals surface area (Å²) in [5.74, 6) is 0. The summed E-state index contributed by atoms with van der Waals surface area (Å²) in [5.41, 5.74) is 0. The van der Waals surface area contributed by atoms with Crippen molar-refractivity contribution < 1.29 is 0 Å². The summed E-state index contributed by atoms with van der Waals surface area (Å²) in [6.07, 6.45) is 1.13. The molecule has 1 atom stereocenters. The monoisotopic (exact) mass is 278 g/mol. The third-order valence-corrected chi connectivity index (χ3v) is 10.1. The van der Waals surface area contributed by atoms with Crippen LogP contribution in [0, 0.1) is 0 Å². The molecule has 0 spiro atoms. The Morgan fingerprint density at radius 2 is 1.28 bits per heavy atom. The van der Waals surface area contributed by atoms with Crippen molar-refractivity contribution in [2.45, 2.75) is 19.0 Å². The fourth-order valence-corrected chi connectivity index (χ4v) is 8.21. The Kier molecular flexibility index (Phi) is 4.43. The van der Waals surface area contributed by atoms with Gasteiger partial charge in [-0.2, -0.15) is 0 Å². The average molecular weight is 279 g/mol. The molecule has 0 radical (unpaired) electrons. The van der Waals surface area contributed by atoms with Crippen LogP contribution in [0.1, 0.15) is 13.8 Å². The fraction of sp³-hybridized carbons (Fsp3) is 0.250. The minimum absolute atomic E-state index is 0.187. The summed E-state index contributed by atoms with van der Waals surface area (Å²) < 4.78 is 0. The second-order valence-electron chi connectivity index (χ2n) is 4.67. The van der Waals surface area contributed by atoms with E-state index in [9.17, 15) is 0 Å². The van der Waals surface area contributed by atoms with Crippen molar-refractivity contribution in [1.29, 1.82) is 0 Å². The van der Waals surface area contributed by atoms with Crippen molar-refractivity contribution in [2.24, 2.45) is 0 Å². The van der Waals surface area contributed by atoms with Gasteiger partial charge in [-0.3, -0.25) is 0 Å². The zero-order valence-corrected chi connectivity index (χ0v) is 12.7. The number of benzene rings is 2. The Balaban J connectivity index is 2.61. The molecule has 96 valence electrons. The second-order valence-corrected chi connectivity index (χ2v) is 10.4. The molecule has 0 aliphatic carbocycles. The van der Waals surface area contributed by atoms with Crippen LogP contribution in [0.3, 0.4) is 0 Å². The zero-order chi connectivity index (χ0) is 13.0. The molecule has 0 amide bonds. The van der Waals surface area contributed by atoms with Gasteiger partial charge in [0.15, 0.2) is 0 Å². The first-order valence-corrected chi connectivity index (χ1v) is 9.19. The van der Waals surface area contributed by atoms with Crippen LogP contribution in [-0.2, 0) is 0 Å². The van der Waals surface area contributed by atoms with E-state index in [4.69, 9.17) is 11.6 Å². The van der Waals surface area contributed by atoms with Crippen LogP contribution in [0.2, 0.25) is 0 Å². The van der Waals surface area contributed by atoms with E-state index in [1.807, 2.05) is 0 Å². The predicted octanol–water partition coefficient (Wildman–Crippen LogP) is 3.99. The quantitative estimate of drug-likeness (QED) is 0.586. The van der Waals surface area contributed by atoms with Gasteiger partial charge in [-0.25, -0.2) is 0 Å². The van der Waals surface area contributed by atoms with Crippen molar-refractivity contribution in [3.05, 3.63) is 60.7 Å². The first-order valence-electron chi connectivity index (χ1n) is 6.47. The summed E-state index contributed by atoms with van der Waals surface area (Å²) in [6, 6.07) is 21.6. The van der Waals surface area contributed by atoms with Crippen LogP contribution >= 0.6 is 18.9 Å². The van der Waals surface area contributed by atoms with E-state index >= 15 is 0 Å². The SMILES string of the molecule is CC[PH](c1ccccc1)(c1ccccc1)[C@H](C)Cl. The number of hydrogen-bond acceptors (Lipinski definition) is 0. The van der Waals surface area contributed by atoms with E-state index in [0.29, 0.717) is 0 Å². The van der Waals surface area contributed by atoms with Crippen molar-refractivity contribution in [3.8, 4) is 0 Å². The van der Waals surface area contributed by atoms with E-state index in [1.54, 1.807) is 0 Å². The molecular formula is C16H20ClP. The van der Waals surface area contributed by atoms with Crippen molar-refractivity contribution in [2.75, 3.05) is 6.16 Å². The van der Waals surface area contributed by atoms with Gasteiger partial charge in [0.2, 0.25) is 0 Å². The van der Waals surface area contributed by atoms with Crippen LogP contribution in [0.4, 0.5) is 0 Å². The van der Waals surface area contributed by atoms with Gasteiger partial charge < -0.3 is 0 Å². The summed E-state index contributed by atoms with van der Waals surface area (Å²) >= 11 is 6.63. The first kappa shape index (κ1) is 13.6. The Hall–Kier alpha value is -0.840. The molecular weight excluding hydrogens is 259 g/mol. The van der Waals surface area contributed by atoms with Gasteiger partial charge in [0.05, 0.1) is 0 Å². The predicted molar refractivity (Wildman–Crippen MR) is 86.3 cm³/mol. The molecule has 0 saturated heterocycles. The van der Waals surface area contributed by atoms with Crippen LogP contribution in [0.25, 0.3) is 0 Å². The van der Waals surface area contributed by atoms with Gasteiger partial charge in [-0.15, -0.1) is 0 Å². The summed E-state index contributed by atoms with van der Waals surface area (Å²) in [7, 11) is -1.83. The van der Waals surface area contributed by atoms with Gasteiger partial charge in [-0.1, -0.05) is 0 Å². The molecule has 2 rings (SSSR count). The van der Waals surface area contributed by atoms with Gasteiger partial charge in [0.1, 0.15) is 0 Å². The standard InChI is InChI=1S/C16H20ClP/c1-3-18(14(2)17,15-10-6-4-7-11-15)16-12-8-5-9-13-16/h4-14,18H,3H2,1-2H3/t14-/m1/s1. The normalized spacial score (nSPS) is 14.2. The molecule has 0 fully saturated rings. The molecule has 0 nitrogen and oxygen atoms in total. The molecule has 0 N–H and O–H groups in total. The molecule has 0 saturated carbocycles. The van der Waals surface area contributed by atoms with Gasteiger partial charge in [0.25, 0.3) is 0 Å². The minimum atomic E-state index is -1.83. The van der Waals surface area contributed by atoms with Crippen LogP contribution < -0.4 is 10.6 Å². The summed E-state index contributed by atoms with van der Waals surface area (Å²) in [6.45, 7) is 4.42. The molecule has 0 unspecified atom stereocenters. The number of halogens is 1. The first-order chi connectivity index (χ1) is 8.71. The molecule has 0 heterocycles. The molecule has 0 bridgehead atoms. The van der Waals surface area contributed by atoms with Gasteiger partial charge >= 0.3 is 115 Å². The Morgan fingerprint density at radius 3 is 1.56 bits per heavy atom. The van der Waals surface area contributed by atoms with Crippen molar-refractivity contribution in [1.82, 2.24) is 0 Å². The maximum atomic E-state index is 6.63. The van der Waals surface area contributed by atoms with E-state index in [1.165, 1.54) is 10.6 Å². The Bertz CT molecular complexity index is 439. The molecule has 0 aliphatic rings. The van der Waals surface area contributed by atoms with E-state index in [-0.39, 0.29) is 5.12 Å². The molecule has 2 aromatic carbocycles. The Labute approximate surface area is 115 Å². The third-order valence-electron chi connectivity index (χ3n) is 3.81. The molecule has 2 heteroatoms. The van der Waals surface area contributed by atoms with Crippen LogP contribution in [-0.4, -0.2) is 11.3 Å². The fourth-order valence-electron chi connectivity index (χ4n) is 2.79. The van der Waals surface area contributed by atoms with Crippen LogP contribution in [0.5, 0.6) is 0 Å². The molecule has 0 aliphatic heterocycles. The number of hydrogen-bond donors (Lipinski definition) is 0. The van der Waals surface area contributed by atoms with E-state index < -0.39 is 7.26 Å². The molecule has 18 heavy (non-hydrogen) atoms. The maximum absolute atomic E-state index is 6.63. The van der Waals surface area contributed by atoms with Crippen molar-refractivity contribution in [3.63, 3.8) is 0 Å². The zero-order valence-electron chi connectivity index (χ0n) is 10.9. The number of rotatable bonds is 4. The summed E-state index contributed by atoms with van der Waals surface area (Å²) in [5, 5.41) is 3.05. The Morgan fingerprint density at radius 1 is 0.889 bits per heavy atom. The molecule has 2 aromatic rings. The average Bonchev–Trinajstić information content (AvgIpc) is 2.42. The second kappa shape index (κ2) is 5.87. The summed E-state index contributed by atoms with van der Waals surface area (Å²) in [4.78, 5) is 0.